The summed E-state index contributed by atoms with van der Waals surface area (Å²) >= 11 is 0. The van der Waals surface area contributed by atoms with Crippen LogP contribution < -0.4 is 5.32 Å². The van der Waals surface area contributed by atoms with E-state index in [1.165, 1.54) is 0 Å². The van der Waals surface area contributed by atoms with Gasteiger partial charge in [-0.15, -0.1) is 0 Å². The van der Waals surface area contributed by atoms with Crippen LogP contribution in [0.15, 0.2) is 12.4 Å². The second-order valence-corrected chi connectivity index (χ2v) is 5.17. The molecule has 19 heavy (non-hydrogen) atoms. The Hall–Kier alpha value is -1.36. The lowest BCUT2D eigenvalue weighted by Crippen LogP contribution is -2.23. The molecular weight excluding hydrogens is 242 g/mol. The minimum absolute atomic E-state index is 0.0902. The number of carbonyl (C=O) groups excluding carboxylic acids is 1. The smallest absolute Gasteiger partial charge is 0.220 e. The van der Waals surface area contributed by atoms with Gasteiger partial charge in [-0.2, -0.15) is 5.10 Å². The number of rotatable bonds is 6. The molecule has 1 aromatic heterocycles. The van der Waals surface area contributed by atoms with Crippen molar-refractivity contribution in [3.05, 3.63) is 18.0 Å². The van der Waals surface area contributed by atoms with Gasteiger partial charge in [-0.3, -0.25) is 9.48 Å². The Morgan fingerprint density at radius 2 is 2.42 bits per heavy atom. The third kappa shape index (κ3) is 4.35. The van der Waals surface area contributed by atoms with Crippen molar-refractivity contribution in [3.63, 3.8) is 0 Å². The van der Waals surface area contributed by atoms with Gasteiger partial charge in [-0.05, 0) is 33.1 Å². The van der Waals surface area contributed by atoms with Crippen molar-refractivity contribution < 1.29 is 9.53 Å². The Labute approximate surface area is 114 Å². The minimum Gasteiger partial charge on any atom is -0.375 e. The molecule has 1 aliphatic heterocycles. The molecule has 1 aromatic rings. The van der Waals surface area contributed by atoms with E-state index in [-0.39, 0.29) is 12.0 Å². The summed E-state index contributed by atoms with van der Waals surface area (Å²) in [5, 5.41) is 7.10. The van der Waals surface area contributed by atoms with Crippen LogP contribution in [0.1, 0.15) is 45.1 Å². The Morgan fingerprint density at radius 3 is 3.05 bits per heavy atom. The van der Waals surface area contributed by atoms with Crippen molar-refractivity contribution in [1.29, 1.82) is 0 Å². The lowest BCUT2D eigenvalue weighted by atomic mass is 10.1. The molecule has 1 fully saturated rings. The van der Waals surface area contributed by atoms with Gasteiger partial charge >= 0.3 is 0 Å². The molecule has 0 aliphatic carbocycles. The third-order valence-corrected chi connectivity index (χ3v) is 3.51. The van der Waals surface area contributed by atoms with Crippen molar-refractivity contribution >= 4 is 5.91 Å². The number of ether oxygens (including phenoxy) is 1. The first-order valence-corrected chi connectivity index (χ1v) is 7.11. The first kappa shape index (κ1) is 14.1. The molecule has 1 amide bonds. The molecule has 0 radical (unpaired) electrons. The monoisotopic (exact) mass is 265 g/mol. The average molecular weight is 265 g/mol. The second-order valence-electron chi connectivity index (χ2n) is 5.17. The quantitative estimate of drug-likeness (QED) is 0.854. The zero-order valence-corrected chi connectivity index (χ0v) is 11.8. The molecule has 0 spiro atoms. The molecule has 5 heteroatoms. The van der Waals surface area contributed by atoms with Crippen LogP contribution in [-0.4, -0.2) is 27.9 Å². The molecule has 5 nitrogen and oxygen atoms in total. The zero-order valence-electron chi connectivity index (χ0n) is 11.8. The highest BCUT2D eigenvalue weighted by Gasteiger charge is 2.22. The molecule has 2 atom stereocenters. The average Bonchev–Trinajstić information content (AvgIpc) is 3.02. The number of aromatic nitrogens is 2. The van der Waals surface area contributed by atoms with Crippen molar-refractivity contribution in [1.82, 2.24) is 15.1 Å². The van der Waals surface area contributed by atoms with Gasteiger partial charge in [0.15, 0.2) is 0 Å². The topological polar surface area (TPSA) is 56.2 Å². The van der Waals surface area contributed by atoms with E-state index in [1.54, 1.807) is 6.20 Å². The molecule has 1 saturated heterocycles. The van der Waals surface area contributed by atoms with Crippen LogP contribution in [0.25, 0.3) is 0 Å². The number of hydrogen-bond acceptors (Lipinski definition) is 3. The molecule has 0 unspecified atom stereocenters. The number of nitrogens with zero attached hydrogens (tertiary/aromatic N) is 2. The van der Waals surface area contributed by atoms with Crippen molar-refractivity contribution in [2.24, 2.45) is 0 Å². The molecule has 1 N–H and O–H groups in total. The maximum absolute atomic E-state index is 11.7. The number of hydrogen-bond donors (Lipinski definition) is 1. The van der Waals surface area contributed by atoms with Crippen LogP contribution in [0.2, 0.25) is 0 Å². The van der Waals surface area contributed by atoms with Crippen molar-refractivity contribution in [2.75, 3.05) is 0 Å². The fourth-order valence-electron chi connectivity index (χ4n) is 2.35. The van der Waals surface area contributed by atoms with E-state index in [1.807, 2.05) is 17.8 Å². The Kier molecular flexibility index (Phi) is 4.96. The molecule has 2 heterocycles. The molecule has 106 valence electrons. The van der Waals surface area contributed by atoms with Crippen LogP contribution in [0, 0.1) is 0 Å². The minimum atomic E-state index is 0.0902. The third-order valence-electron chi connectivity index (χ3n) is 3.51. The highest BCUT2D eigenvalue weighted by Crippen LogP contribution is 2.22. The standard InChI is InChI=1S/C14H23N3O2/c1-3-17-10-12(9-16-17)8-15-14(18)7-6-13-5-4-11(2)19-13/h9-11,13H,3-8H2,1-2H3,(H,15,18)/t11-,13+/m0/s1. The summed E-state index contributed by atoms with van der Waals surface area (Å²) < 4.78 is 7.56. The summed E-state index contributed by atoms with van der Waals surface area (Å²) in [5.74, 6) is 0.0902. The predicted octanol–water partition coefficient (Wildman–Crippen LogP) is 1.87. The van der Waals surface area contributed by atoms with Crippen LogP contribution in [-0.2, 0) is 22.6 Å². The largest absolute Gasteiger partial charge is 0.375 e. The van der Waals surface area contributed by atoms with E-state index in [4.69, 9.17) is 4.74 Å². The van der Waals surface area contributed by atoms with Gasteiger partial charge in [0.05, 0.1) is 18.4 Å². The molecule has 0 aromatic carbocycles. The summed E-state index contributed by atoms with van der Waals surface area (Å²) in [6.45, 7) is 5.54. The van der Waals surface area contributed by atoms with Gasteiger partial charge in [0.1, 0.15) is 0 Å². The predicted molar refractivity (Wildman–Crippen MR) is 72.6 cm³/mol. The fourth-order valence-corrected chi connectivity index (χ4v) is 2.35. The van der Waals surface area contributed by atoms with Gasteiger partial charge in [-0.1, -0.05) is 0 Å². The Balaban J connectivity index is 1.64. The summed E-state index contributed by atoms with van der Waals surface area (Å²) in [7, 11) is 0. The highest BCUT2D eigenvalue weighted by atomic mass is 16.5. The first-order valence-electron chi connectivity index (χ1n) is 7.11. The summed E-state index contributed by atoms with van der Waals surface area (Å²) in [4.78, 5) is 11.7. The molecule has 0 saturated carbocycles. The van der Waals surface area contributed by atoms with E-state index in [9.17, 15) is 4.79 Å². The lowest BCUT2D eigenvalue weighted by Gasteiger charge is -2.10. The van der Waals surface area contributed by atoms with Gasteiger partial charge in [0.2, 0.25) is 5.91 Å². The normalized spacial score (nSPS) is 22.6. The maximum atomic E-state index is 11.7. The number of aryl methyl sites for hydroxylation is 1. The van der Waals surface area contributed by atoms with E-state index in [2.05, 4.69) is 17.3 Å². The molecule has 1 aliphatic rings. The molecule has 2 rings (SSSR count). The van der Waals surface area contributed by atoms with Crippen molar-refractivity contribution in [2.45, 2.75) is 64.8 Å². The summed E-state index contributed by atoms with van der Waals surface area (Å²) in [6, 6.07) is 0. The van der Waals surface area contributed by atoms with Crippen molar-refractivity contribution in [3.8, 4) is 0 Å². The lowest BCUT2D eigenvalue weighted by molar-refractivity contribution is -0.122. The van der Waals surface area contributed by atoms with E-state index < -0.39 is 0 Å². The van der Waals surface area contributed by atoms with E-state index in [0.717, 1.165) is 31.4 Å². The summed E-state index contributed by atoms with van der Waals surface area (Å²) in [5.41, 5.74) is 1.04. The Morgan fingerprint density at radius 1 is 1.58 bits per heavy atom. The van der Waals surface area contributed by atoms with E-state index >= 15 is 0 Å². The molecular formula is C14H23N3O2. The van der Waals surface area contributed by atoms with Gasteiger partial charge < -0.3 is 10.1 Å². The molecule has 0 bridgehead atoms. The van der Waals surface area contributed by atoms with Crippen LogP contribution in [0.4, 0.5) is 0 Å². The summed E-state index contributed by atoms with van der Waals surface area (Å²) in [6.07, 6.45) is 7.94. The first-order chi connectivity index (χ1) is 9.17. The van der Waals surface area contributed by atoms with Crippen LogP contribution in [0.3, 0.4) is 0 Å². The zero-order chi connectivity index (χ0) is 13.7. The SMILES string of the molecule is CCn1cc(CNC(=O)CC[C@H]2CC[C@H](C)O2)cn1. The van der Waals surface area contributed by atoms with Crippen LogP contribution in [0.5, 0.6) is 0 Å². The van der Waals surface area contributed by atoms with Gasteiger partial charge in [-0.25, -0.2) is 0 Å². The number of amides is 1. The second kappa shape index (κ2) is 6.70. The van der Waals surface area contributed by atoms with Gasteiger partial charge in [0.25, 0.3) is 0 Å². The van der Waals surface area contributed by atoms with Gasteiger partial charge in [0, 0.05) is 31.3 Å². The number of nitrogens with one attached hydrogen (secondary N) is 1. The maximum Gasteiger partial charge on any atom is 0.220 e. The van der Waals surface area contributed by atoms with E-state index in [0.29, 0.717) is 19.1 Å². The fraction of sp³-hybridized carbons (Fsp3) is 0.714. The number of carbonyl (C=O) groups is 1. The Bertz CT molecular complexity index is 417. The highest BCUT2D eigenvalue weighted by molar-refractivity contribution is 5.75. The van der Waals surface area contributed by atoms with Crippen LogP contribution >= 0.6 is 0 Å².